The fourth-order valence-electron chi connectivity index (χ4n) is 3.81. The summed E-state index contributed by atoms with van der Waals surface area (Å²) in [5.74, 6) is 1.56. The molecule has 1 fully saturated rings. The van der Waals surface area contributed by atoms with Crippen LogP contribution >= 0.6 is 0 Å². The standard InChI is InChI=1S/C26H28N2O3/c1-20-8-11-24(12-9-20)31-19-22-18-21(10-13-25(22)30-2)26(29)28-16-14-27(15-17-28)23-6-4-3-5-7-23/h3-13,18H,14-17,19H2,1-2H3. The van der Waals surface area contributed by atoms with Gasteiger partial charge in [0.25, 0.3) is 5.91 Å². The van der Waals surface area contributed by atoms with Gasteiger partial charge in [-0.3, -0.25) is 4.79 Å². The molecule has 0 atom stereocenters. The fraction of sp³-hybridized carbons (Fsp3) is 0.269. The number of methoxy groups -OCH3 is 1. The van der Waals surface area contributed by atoms with Crippen molar-refractivity contribution in [2.24, 2.45) is 0 Å². The second-order valence-corrected chi connectivity index (χ2v) is 7.74. The molecular formula is C26H28N2O3. The minimum Gasteiger partial charge on any atom is -0.496 e. The van der Waals surface area contributed by atoms with Crippen molar-refractivity contribution in [3.8, 4) is 11.5 Å². The van der Waals surface area contributed by atoms with E-state index in [1.165, 1.54) is 11.3 Å². The molecule has 31 heavy (non-hydrogen) atoms. The van der Waals surface area contributed by atoms with Gasteiger partial charge in [-0.15, -0.1) is 0 Å². The minimum absolute atomic E-state index is 0.0481. The molecular weight excluding hydrogens is 388 g/mol. The van der Waals surface area contributed by atoms with Crippen LogP contribution in [0.1, 0.15) is 21.5 Å². The zero-order chi connectivity index (χ0) is 21.6. The van der Waals surface area contributed by atoms with Crippen molar-refractivity contribution < 1.29 is 14.3 Å². The van der Waals surface area contributed by atoms with Crippen molar-refractivity contribution in [3.63, 3.8) is 0 Å². The van der Waals surface area contributed by atoms with Gasteiger partial charge < -0.3 is 19.3 Å². The lowest BCUT2D eigenvalue weighted by atomic mass is 10.1. The number of ether oxygens (including phenoxy) is 2. The molecule has 5 nitrogen and oxygen atoms in total. The number of piperazine rings is 1. The molecule has 0 aliphatic carbocycles. The predicted octanol–water partition coefficient (Wildman–Crippen LogP) is 4.55. The molecule has 1 heterocycles. The Morgan fingerprint density at radius 1 is 0.903 bits per heavy atom. The second-order valence-electron chi connectivity index (χ2n) is 7.74. The Labute approximate surface area is 183 Å². The molecule has 3 aromatic rings. The average Bonchev–Trinajstić information content (AvgIpc) is 2.83. The third-order valence-electron chi connectivity index (χ3n) is 5.63. The molecule has 4 rings (SSSR count). The van der Waals surface area contributed by atoms with E-state index in [2.05, 4.69) is 17.0 Å². The number of para-hydroxylation sites is 1. The number of carbonyl (C=O) groups is 1. The van der Waals surface area contributed by atoms with Crippen LogP contribution in [0.5, 0.6) is 11.5 Å². The SMILES string of the molecule is COc1ccc(C(=O)N2CCN(c3ccccc3)CC2)cc1COc1ccc(C)cc1. The van der Waals surface area contributed by atoms with E-state index < -0.39 is 0 Å². The number of amides is 1. The van der Waals surface area contributed by atoms with Crippen LogP contribution < -0.4 is 14.4 Å². The zero-order valence-corrected chi connectivity index (χ0v) is 18.1. The maximum atomic E-state index is 13.1. The van der Waals surface area contributed by atoms with Crippen LogP contribution in [0.25, 0.3) is 0 Å². The quantitative estimate of drug-likeness (QED) is 0.591. The molecule has 0 bridgehead atoms. The van der Waals surface area contributed by atoms with Gasteiger partial charge in [-0.25, -0.2) is 0 Å². The van der Waals surface area contributed by atoms with Gasteiger partial charge in [0.05, 0.1) is 7.11 Å². The molecule has 0 radical (unpaired) electrons. The molecule has 0 aromatic heterocycles. The molecule has 3 aromatic carbocycles. The Balaban J connectivity index is 1.42. The van der Waals surface area contributed by atoms with Gasteiger partial charge in [-0.1, -0.05) is 35.9 Å². The first-order chi connectivity index (χ1) is 15.1. The van der Waals surface area contributed by atoms with Gasteiger partial charge in [-0.2, -0.15) is 0 Å². The van der Waals surface area contributed by atoms with Crippen molar-refractivity contribution >= 4 is 11.6 Å². The van der Waals surface area contributed by atoms with E-state index in [1.807, 2.05) is 72.5 Å². The molecule has 1 aliphatic heterocycles. The van der Waals surface area contributed by atoms with E-state index in [4.69, 9.17) is 9.47 Å². The first-order valence-electron chi connectivity index (χ1n) is 10.6. The summed E-state index contributed by atoms with van der Waals surface area (Å²) in [4.78, 5) is 17.4. The molecule has 1 aliphatic rings. The van der Waals surface area contributed by atoms with E-state index in [1.54, 1.807) is 7.11 Å². The summed E-state index contributed by atoms with van der Waals surface area (Å²) >= 11 is 0. The van der Waals surface area contributed by atoms with Crippen LogP contribution in [0.15, 0.2) is 72.8 Å². The van der Waals surface area contributed by atoms with Gasteiger partial charge in [0.2, 0.25) is 0 Å². The molecule has 0 saturated carbocycles. The summed E-state index contributed by atoms with van der Waals surface area (Å²) in [6.07, 6.45) is 0. The minimum atomic E-state index is 0.0481. The lowest BCUT2D eigenvalue weighted by molar-refractivity contribution is 0.0746. The Kier molecular flexibility index (Phi) is 6.41. The maximum absolute atomic E-state index is 13.1. The van der Waals surface area contributed by atoms with Gasteiger partial charge in [-0.05, 0) is 49.4 Å². The predicted molar refractivity (Wildman–Crippen MR) is 123 cm³/mol. The van der Waals surface area contributed by atoms with Gasteiger partial charge in [0.1, 0.15) is 18.1 Å². The molecule has 1 saturated heterocycles. The fourth-order valence-corrected chi connectivity index (χ4v) is 3.81. The van der Waals surface area contributed by atoms with Crippen molar-refractivity contribution in [2.75, 3.05) is 38.2 Å². The van der Waals surface area contributed by atoms with Crippen LogP contribution in [0.2, 0.25) is 0 Å². The average molecular weight is 417 g/mol. The van der Waals surface area contributed by atoms with Gasteiger partial charge in [0.15, 0.2) is 0 Å². The molecule has 160 valence electrons. The number of aryl methyl sites for hydroxylation is 1. The van der Waals surface area contributed by atoms with E-state index in [0.717, 1.165) is 30.2 Å². The third-order valence-corrected chi connectivity index (χ3v) is 5.63. The van der Waals surface area contributed by atoms with Crippen molar-refractivity contribution in [1.29, 1.82) is 0 Å². The van der Waals surface area contributed by atoms with Crippen LogP contribution in [0.3, 0.4) is 0 Å². The van der Waals surface area contributed by atoms with E-state index in [0.29, 0.717) is 25.3 Å². The Bertz CT molecular complexity index is 1010. The first-order valence-corrected chi connectivity index (χ1v) is 10.6. The van der Waals surface area contributed by atoms with Gasteiger partial charge >= 0.3 is 0 Å². The number of hydrogen-bond donors (Lipinski definition) is 0. The van der Waals surface area contributed by atoms with E-state index in [9.17, 15) is 4.79 Å². The summed E-state index contributed by atoms with van der Waals surface area (Å²) in [7, 11) is 1.63. The van der Waals surface area contributed by atoms with E-state index >= 15 is 0 Å². The van der Waals surface area contributed by atoms with E-state index in [-0.39, 0.29) is 5.91 Å². The number of anilines is 1. The Hall–Kier alpha value is -3.47. The van der Waals surface area contributed by atoms with Gasteiger partial charge in [0, 0.05) is 43.0 Å². The normalized spacial score (nSPS) is 13.7. The highest BCUT2D eigenvalue weighted by atomic mass is 16.5. The van der Waals surface area contributed by atoms with Crippen LogP contribution in [0, 0.1) is 6.92 Å². The van der Waals surface area contributed by atoms with Crippen molar-refractivity contribution in [3.05, 3.63) is 89.5 Å². The summed E-state index contributed by atoms with van der Waals surface area (Å²) in [5, 5.41) is 0. The second kappa shape index (κ2) is 9.56. The topological polar surface area (TPSA) is 42.0 Å². The largest absolute Gasteiger partial charge is 0.496 e. The number of benzene rings is 3. The van der Waals surface area contributed by atoms with Crippen LogP contribution in [-0.2, 0) is 6.61 Å². The zero-order valence-electron chi connectivity index (χ0n) is 18.1. The summed E-state index contributed by atoms with van der Waals surface area (Å²) in [6.45, 7) is 5.45. The highest BCUT2D eigenvalue weighted by Gasteiger charge is 2.23. The van der Waals surface area contributed by atoms with Crippen LogP contribution in [0.4, 0.5) is 5.69 Å². The Morgan fingerprint density at radius 3 is 2.29 bits per heavy atom. The highest BCUT2D eigenvalue weighted by molar-refractivity contribution is 5.94. The highest BCUT2D eigenvalue weighted by Crippen LogP contribution is 2.24. The summed E-state index contributed by atoms with van der Waals surface area (Å²) in [5.41, 5.74) is 3.91. The molecule has 5 heteroatoms. The smallest absolute Gasteiger partial charge is 0.253 e. The lowest BCUT2D eigenvalue weighted by Gasteiger charge is -2.36. The lowest BCUT2D eigenvalue weighted by Crippen LogP contribution is -2.48. The first kappa shape index (κ1) is 20.8. The molecule has 0 unspecified atom stereocenters. The Morgan fingerprint density at radius 2 is 1.61 bits per heavy atom. The summed E-state index contributed by atoms with van der Waals surface area (Å²) < 4.78 is 11.4. The summed E-state index contributed by atoms with van der Waals surface area (Å²) in [6, 6.07) is 23.8. The number of rotatable bonds is 6. The molecule has 0 N–H and O–H groups in total. The third kappa shape index (κ3) is 5.00. The van der Waals surface area contributed by atoms with Crippen LogP contribution in [-0.4, -0.2) is 44.1 Å². The molecule has 1 amide bonds. The number of nitrogens with zero attached hydrogens (tertiary/aromatic N) is 2. The molecule has 0 spiro atoms. The number of carbonyl (C=O) groups excluding carboxylic acids is 1. The van der Waals surface area contributed by atoms with Crippen molar-refractivity contribution in [2.45, 2.75) is 13.5 Å². The monoisotopic (exact) mass is 416 g/mol. The maximum Gasteiger partial charge on any atom is 0.253 e. The number of hydrogen-bond acceptors (Lipinski definition) is 4. The van der Waals surface area contributed by atoms with Crippen molar-refractivity contribution in [1.82, 2.24) is 4.90 Å².